The van der Waals surface area contributed by atoms with Crippen molar-refractivity contribution in [2.45, 2.75) is 64.3 Å². The second kappa shape index (κ2) is 10.0. The van der Waals surface area contributed by atoms with Gasteiger partial charge >= 0.3 is 0 Å². The number of hydrogen-bond donors (Lipinski definition) is 1. The Morgan fingerprint density at radius 3 is 2.85 bits per heavy atom. The van der Waals surface area contributed by atoms with E-state index in [0.29, 0.717) is 6.54 Å². The van der Waals surface area contributed by atoms with Crippen molar-refractivity contribution in [1.29, 1.82) is 0 Å². The van der Waals surface area contributed by atoms with E-state index in [1.807, 2.05) is 0 Å². The summed E-state index contributed by atoms with van der Waals surface area (Å²) in [6.45, 7) is 7.79. The van der Waals surface area contributed by atoms with Crippen molar-refractivity contribution in [1.82, 2.24) is 25.0 Å². The van der Waals surface area contributed by atoms with Crippen molar-refractivity contribution in [2.75, 3.05) is 32.8 Å². The van der Waals surface area contributed by atoms with Gasteiger partial charge in [-0.15, -0.1) is 34.2 Å². The average Bonchev–Trinajstić information content (AvgIpc) is 3.35. The van der Waals surface area contributed by atoms with Gasteiger partial charge in [-0.2, -0.15) is 0 Å². The van der Waals surface area contributed by atoms with Crippen LogP contribution in [-0.2, 0) is 29.0 Å². The van der Waals surface area contributed by atoms with Gasteiger partial charge in [0, 0.05) is 39.2 Å². The van der Waals surface area contributed by atoms with Gasteiger partial charge in [-0.25, -0.2) is 4.99 Å². The number of halogens is 1. The zero-order valence-electron chi connectivity index (χ0n) is 16.1. The van der Waals surface area contributed by atoms with E-state index >= 15 is 0 Å². The lowest BCUT2D eigenvalue weighted by Gasteiger charge is -2.37. The molecule has 1 N–H and O–H groups in total. The molecule has 0 aliphatic carbocycles. The summed E-state index contributed by atoms with van der Waals surface area (Å²) in [6, 6.07) is 0. The summed E-state index contributed by atoms with van der Waals surface area (Å²) in [5, 5.41) is 12.1. The Kier molecular flexibility index (Phi) is 7.71. The van der Waals surface area contributed by atoms with Crippen LogP contribution in [0.5, 0.6) is 0 Å². The normalized spacial score (nSPS) is 25.8. The van der Waals surface area contributed by atoms with E-state index in [2.05, 4.69) is 31.9 Å². The predicted octanol–water partition coefficient (Wildman–Crippen LogP) is 1.58. The van der Waals surface area contributed by atoms with Gasteiger partial charge < -0.3 is 24.3 Å². The predicted molar refractivity (Wildman–Crippen MR) is 113 cm³/mol. The van der Waals surface area contributed by atoms with E-state index in [4.69, 9.17) is 14.5 Å². The zero-order chi connectivity index (χ0) is 17.8. The molecule has 2 saturated heterocycles. The van der Waals surface area contributed by atoms with E-state index in [-0.39, 0.29) is 36.2 Å². The smallest absolute Gasteiger partial charge is 0.194 e. The van der Waals surface area contributed by atoms with Gasteiger partial charge in [-0.3, -0.25) is 0 Å². The number of nitrogens with zero attached hydrogens (tertiary/aromatic N) is 5. The largest absolute Gasteiger partial charge is 0.375 e. The Morgan fingerprint density at radius 1 is 1.15 bits per heavy atom. The first-order valence-corrected chi connectivity index (χ1v) is 10.0. The number of aryl methyl sites for hydroxylation is 1. The number of hydrogen-bond acceptors (Lipinski definition) is 5. The van der Waals surface area contributed by atoms with Gasteiger partial charge in [0.2, 0.25) is 0 Å². The van der Waals surface area contributed by atoms with Gasteiger partial charge in [-0.05, 0) is 32.6 Å². The number of fused-ring (bicyclic) bond motifs is 1. The van der Waals surface area contributed by atoms with E-state index in [1.54, 1.807) is 0 Å². The fourth-order valence-corrected chi connectivity index (χ4v) is 4.05. The summed E-state index contributed by atoms with van der Waals surface area (Å²) >= 11 is 0. The first kappa shape index (κ1) is 20.8. The maximum atomic E-state index is 5.97. The molecule has 3 aliphatic heterocycles. The third kappa shape index (κ3) is 4.92. The molecule has 9 heteroatoms. The minimum Gasteiger partial charge on any atom is -0.375 e. The summed E-state index contributed by atoms with van der Waals surface area (Å²) in [5.74, 6) is 3.02. The molecule has 2 unspecified atom stereocenters. The van der Waals surface area contributed by atoms with Gasteiger partial charge in [0.15, 0.2) is 11.8 Å². The SMILES string of the molecule is CCNC(=NCc1nnc2n1CCCC2)N1CCOC(C2CCCO2)C1.I. The highest BCUT2D eigenvalue weighted by atomic mass is 127. The molecule has 0 saturated carbocycles. The minimum atomic E-state index is 0. The summed E-state index contributed by atoms with van der Waals surface area (Å²) < 4.78 is 14.0. The lowest BCUT2D eigenvalue weighted by atomic mass is 10.1. The van der Waals surface area contributed by atoms with Gasteiger partial charge in [0.05, 0.1) is 12.7 Å². The average molecular weight is 490 g/mol. The highest BCUT2D eigenvalue weighted by Gasteiger charge is 2.32. The number of aliphatic imine (C=N–C) groups is 1. The van der Waals surface area contributed by atoms with E-state index < -0.39 is 0 Å². The highest BCUT2D eigenvalue weighted by Crippen LogP contribution is 2.21. The Morgan fingerprint density at radius 2 is 2.04 bits per heavy atom. The third-order valence-electron chi connectivity index (χ3n) is 5.41. The molecule has 1 aromatic heterocycles. The topological polar surface area (TPSA) is 76.8 Å². The minimum absolute atomic E-state index is 0. The first-order valence-electron chi connectivity index (χ1n) is 10.0. The van der Waals surface area contributed by atoms with E-state index in [0.717, 1.165) is 76.3 Å². The van der Waals surface area contributed by atoms with Crippen LogP contribution < -0.4 is 5.32 Å². The Balaban J connectivity index is 0.00000210. The monoisotopic (exact) mass is 490 g/mol. The highest BCUT2D eigenvalue weighted by molar-refractivity contribution is 14.0. The quantitative estimate of drug-likeness (QED) is 0.393. The van der Waals surface area contributed by atoms with Gasteiger partial charge in [0.25, 0.3) is 0 Å². The molecule has 27 heavy (non-hydrogen) atoms. The van der Waals surface area contributed by atoms with Crippen molar-refractivity contribution in [2.24, 2.45) is 4.99 Å². The van der Waals surface area contributed by atoms with E-state index in [1.165, 1.54) is 12.8 Å². The van der Waals surface area contributed by atoms with Crippen LogP contribution in [-0.4, -0.2) is 70.7 Å². The second-order valence-electron chi connectivity index (χ2n) is 7.22. The van der Waals surface area contributed by atoms with Crippen molar-refractivity contribution < 1.29 is 9.47 Å². The van der Waals surface area contributed by atoms with Crippen LogP contribution in [0.1, 0.15) is 44.3 Å². The van der Waals surface area contributed by atoms with Crippen molar-refractivity contribution >= 4 is 29.9 Å². The molecule has 4 heterocycles. The molecule has 152 valence electrons. The Bertz CT molecular complexity index is 631. The third-order valence-corrected chi connectivity index (χ3v) is 5.41. The molecule has 0 bridgehead atoms. The van der Waals surface area contributed by atoms with Crippen LogP contribution in [0.2, 0.25) is 0 Å². The van der Waals surface area contributed by atoms with Crippen molar-refractivity contribution in [3.63, 3.8) is 0 Å². The molecule has 0 amide bonds. The van der Waals surface area contributed by atoms with Crippen LogP contribution in [0.25, 0.3) is 0 Å². The van der Waals surface area contributed by atoms with Crippen LogP contribution in [0.3, 0.4) is 0 Å². The molecule has 3 aliphatic rings. The summed E-state index contributed by atoms with van der Waals surface area (Å²) in [4.78, 5) is 7.16. The molecule has 0 radical (unpaired) electrons. The number of guanidine groups is 1. The standard InChI is InChI=1S/C18H30N6O2.HI/c1-2-19-18(20-12-17-22-21-16-7-3-4-8-24(16)17)23-9-11-26-15(13-23)14-6-5-10-25-14;/h14-15H,2-13H2,1H3,(H,19,20);1H. The number of aromatic nitrogens is 3. The zero-order valence-corrected chi connectivity index (χ0v) is 18.4. The van der Waals surface area contributed by atoms with Crippen molar-refractivity contribution in [3.8, 4) is 0 Å². The fourth-order valence-electron chi connectivity index (χ4n) is 4.05. The molecule has 2 atom stereocenters. The second-order valence-corrected chi connectivity index (χ2v) is 7.22. The van der Waals surface area contributed by atoms with Crippen LogP contribution in [0.15, 0.2) is 4.99 Å². The molecule has 1 aromatic rings. The Hall–Kier alpha value is -0.940. The molecule has 8 nitrogen and oxygen atoms in total. The first-order chi connectivity index (χ1) is 12.8. The lowest BCUT2D eigenvalue weighted by molar-refractivity contribution is -0.0817. The number of rotatable bonds is 4. The van der Waals surface area contributed by atoms with Crippen LogP contribution in [0, 0.1) is 0 Å². The lowest BCUT2D eigenvalue weighted by Crippen LogP contribution is -2.53. The molecular formula is C18H31IN6O2. The van der Waals surface area contributed by atoms with Gasteiger partial charge in [0.1, 0.15) is 18.5 Å². The number of ether oxygens (including phenoxy) is 2. The molecule has 0 aromatic carbocycles. The van der Waals surface area contributed by atoms with Crippen LogP contribution in [0.4, 0.5) is 0 Å². The van der Waals surface area contributed by atoms with Crippen molar-refractivity contribution in [3.05, 3.63) is 11.6 Å². The molecular weight excluding hydrogens is 459 g/mol. The number of morpholine rings is 1. The Labute approximate surface area is 178 Å². The summed E-state index contributed by atoms with van der Waals surface area (Å²) in [7, 11) is 0. The van der Waals surface area contributed by atoms with Crippen LogP contribution >= 0.6 is 24.0 Å². The molecule has 4 rings (SSSR count). The maximum absolute atomic E-state index is 5.97. The maximum Gasteiger partial charge on any atom is 0.194 e. The fraction of sp³-hybridized carbons (Fsp3) is 0.833. The van der Waals surface area contributed by atoms with Gasteiger partial charge in [-0.1, -0.05) is 0 Å². The molecule has 0 spiro atoms. The van der Waals surface area contributed by atoms with E-state index in [9.17, 15) is 0 Å². The molecule has 2 fully saturated rings. The summed E-state index contributed by atoms with van der Waals surface area (Å²) in [5.41, 5.74) is 0. The number of nitrogens with one attached hydrogen (secondary N) is 1. The summed E-state index contributed by atoms with van der Waals surface area (Å²) in [6.07, 6.45) is 6.04.